The van der Waals surface area contributed by atoms with Gasteiger partial charge in [-0.2, -0.15) is 4.99 Å². The molecule has 7 nitrogen and oxygen atoms in total. The Bertz CT molecular complexity index is 1110. The van der Waals surface area contributed by atoms with Crippen molar-refractivity contribution in [1.82, 2.24) is 4.57 Å². The molecule has 1 aromatic carbocycles. The van der Waals surface area contributed by atoms with E-state index in [0.29, 0.717) is 29.4 Å². The van der Waals surface area contributed by atoms with Crippen molar-refractivity contribution in [3.05, 3.63) is 61.8 Å². The number of thiazole rings is 1. The molecule has 0 saturated carbocycles. The molecule has 0 fully saturated rings. The lowest BCUT2D eigenvalue weighted by Gasteiger charge is -2.07. The molecule has 0 N–H and O–H groups in total. The Hall–Kier alpha value is -2.62. The molecule has 0 saturated heterocycles. The van der Waals surface area contributed by atoms with Crippen LogP contribution in [0.5, 0.6) is 0 Å². The smallest absolute Gasteiger partial charge is 0.324 e. The Balaban J connectivity index is 1.91. The zero-order valence-corrected chi connectivity index (χ0v) is 17.1. The summed E-state index contributed by atoms with van der Waals surface area (Å²) in [5.41, 5.74) is 2.16. The van der Waals surface area contributed by atoms with Crippen LogP contribution in [0, 0.1) is 17.0 Å². The number of benzene rings is 1. The highest BCUT2D eigenvalue weighted by atomic mass is 32.1. The Morgan fingerprint density at radius 3 is 2.86 bits per heavy atom. The Morgan fingerprint density at radius 1 is 1.32 bits per heavy atom. The van der Waals surface area contributed by atoms with Crippen LogP contribution in [0.4, 0.5) is 5.00 Å². The Kier molecular flexibility index (Phi) is 6.50. The average Bonchev–Trinajstić information content (AvgIpc) is 3.26. The van der Waals surface area contributed by atoms with Gasteiger partial charge in [0.15, 0.2) is 4.80 Å². The molecule has 9 heteroatoms. The summed E-state index contributed by atoms with van der Waals surface area (Å²) in [6, 6.07) is 9.05. The fourth-order valence-corrected chi connectivity index (χ4v) is 4.58. The average molecular weight is 418 g/mol. The minimum Gasteiger partial charge on any atom is -0.380 e. The second-order valence-corrected chi connectivity index (χ2v) is 7.97. The van der Waals surface area contributed by atoms with Crippen LogP contribution in [-0.2, 0) is 16.1 Å². The molecule has 0 aliphatic heterocycles. The number of rotatable bonds is 7. The minimum absolute atomic E-state index is 0.0396. The number of aryl methyl sites for hydroxylation is 1. The molecular weight excluding hydrogens is 398 g/mol. The van der Waals surface area contributed by atoms with E-state index in [4.69, 9.17) is 4.74 Å². The summed E-state index contributed by atoms with van der Waals surface area (Å²) in [7, 11) is 0. The molecule has 3 rings (SSSR count). The SMILES string of the molecule is CCOCCn1c(=NC(=O)/C=C/c2ccc([N+](=O)[O-])s2)sc2cccc(C)c21. The number of amides is 1. The van der Waals surface area contributed by atoms with Gasteiger partial charge in [0, 0.05) is 30.2 Å². The van der Waals surface area contributed by atoms with E-state index >= 15 is 0 Å². The molecule has 0 aliphatic carbocycles. The molecule has 0 atom stereocenters. The molecule has 0 radical (unpaired) electrons. The number of carbonyl (C=O) groups excluding carboxylic acids is 1. The van der Waals surface area contributed by atoms with E-state index < -0.39 is 10.8 Å². The quantitative estimate of drug-likeness (QED) is 0.250. The van der Waals surface area contributed by atoms with Gasteiger partial charge in [0.25, 0.3) is 5.91 Å². The number of carbonyl (C=O) groups is 1. The predicted molar refractivity (Wildman–Crippen MR) is 112 cm³/mol. The van der Waals surface area contributed by atoms with E-state index in [9.17, 15) is 14.9 Å². The number of thiophene rings is 1. The molecule has 0 bridgehead atoms. The first-order valence-corrected chi connectivity index (χ1v) is 10.3. The third-order valence-corrected chi connectivity index (χ3v) is 6.00. The third kappa shape index (κ3) is 4.61. The molecule has 2 aromatic heterocycles. The van der Waals surface area contributed by atoms with Gasteiger partial charge in [0.1, 0.15) is 0 Å². The molecule has 0 spiro atoms. The highest BCUT2D eigenvalue weighted by molar-refractivity contribution is 7.16. The van der Waals surface area contributed by atoms with Crippen molar-refractivity contribution >= 4 is 49.9 Å². The number of hydrogen-bond donors (Lipinski definition) is 0. The number of nitrogens with zero attached hydrogens (tertiary/aromatic N) is 3. The van der Waals surface area contributed by atoms with Crippen LogP contribution in [0.2, 0.25) is 0 Å². The van der Waals surface area contributed by atoms with Crippen LogP contribution < -0.4 is 4.80 Å². The van der Waals surface area contributed by atoms with Crippen LogP contribution in [0.15, 0.2) is 41.4 Å². The molecule has 0 aliphatic rings. The van der Waals surface area contributed by atoms with Gasteiger partial charge in [-0.15, -0.1) is 0 Å². The lowest BCUT2D eigenvalue weighted by Crippen LogP contribution is -2.19. The first kappa shape index (κ1) is 20.1. The van der Waals surface area contributed by atoms with E-state index in [0.717, 1.165) is 27.1 Å². The van der Waals surface area contributed by atoms with Gasteiger partial charge in [-0.1, -0.05) is 34.8 Å². The van der Waals surface area contributed by atoms with Crippen molar-refractivity contribution in [2.24, 2.45) is 4.99 Å². The summed E-state index contributed by atoms with van der Waals surface area (Å²) in [6.45, 7) is 5.73. The number of fused-ring (bicyclic) bond motifs is 1. The zero-order chi connectivity index (χ0) is 20.1. The fourth-order valence-electron chi connectivity index (χ4n) is 2.72. The number of aromatic nitrogens is 1. The van der Waals surface area contributed by atoms with Crippen molar-refractivity contribution in [1.29, 1.82) is 0 Å². The Labute approximate surface area is 169 Å². The van der Waals surface area contributed by atoms with E-state index in [1.165, 1.54) is 23.5 Å². The number of para-hydroxylation sites is 1. The summed E-state index contributed by atoms with van der Waals surface area (Å²) in [5, 5.41) is 10.8. The minimum atomic E-state index is -0.449. The van der Waals surface area contributed by atoms with Crippen molar-refractivity contribution in [2.75, 3.05) is 13.2 Å². The molecular formula is C19H19N3O4S2. The first-order chi connectivity index (χ1) is 13.5. The maximum Gasteiger partial charge on any atom is 0.324 e. The lowest BCUT2D eigenvalue weighted by atomic mass is 10.2. The molecule has 0 unspecified atom stereocenters. The molecule has 1 amide bonds. The van der Waals surface area contributed by atoms with Gasteiger partial charge in [-0.25, -0.2) is 0 Å². The van der Waals surface area contributed by atoms with Crippen LogP contribution in [-0.4, -0.2) is 28.6 Å². The molecule has 28 heavy (non-hydrogen) atoms. The third-order valence-electron chi connectivity index (χ3n) is 3.95. The monoisotopic (exact) mass is 417 g/mol. The molecule has 3 aromatic rings. The van der Waals surface area contributed by atoms with Gasteiger partial charge in [0.05, 0.1) is 21.7 Å². The molecule has 2 heterocycles. The summed E-state index contributed by atoms with van der Waals surface area (Å²) >= 11 is 2.47. The standard InChI is InChI=1S/C19H19N3O4S2/c1-3-26-12-11-21-18-13(2)5-4-6-15(18)28-19(21)20-16(23)9-7-14-8-10-17(27-14)22(24)25/h4-10H,3,11-12H2,1-2H3/b9-7+,20-19?. The summed E-state index contributed by atoms with van der Waals surface area (Å²) in [4.78, 5) is 28.1. The number of hydrogen-bond acceptors (Lipinski definition) is 6. The van der Waals surface area contributed by atoms with Crippen molar-refractivity contribution in [3.63, 3.8) is 0 Å². The van der Waals surface area contributed by atoms with Gasteiger partial charge in [0.2, 0.25) is 0 Å². The summed E-state index contributed by atoms with van der Waals surface area (Å²) in [6.07, 6.45) is 2.88. The van der Waals surface area contributed by atoms with Gasteiger partial charge in [-0.05, 0) is 37.6 Å². The van der Waals surface area contributed by atoms with E-state index in [1.54, 1.807) is 12.1 Å². The van der Waals surface area contributed by atoms with Crippen LogP contribution in [0.3, 0.4) is 0 Å². The van der Waals surface area contributed by atoms with Crippen LogP contribution in [0.25, 0.3) is 16.3 Å². The van der Waals surface area contributed by atoms with E-state index in [-0.39, 0.29) is 5.00 Å². The number of ether oxygens (including phenoxy) is 1. The second-order valence-electron chi connectivity index (χ2n) is 5.87. The van der Waals surface area contributed by atoms with E-state index in [2.05, 4.69) is 4.99 Å². The van der Waals surface area contributed by atoms with Crippen molar-refractivity contribution in [3.8, 4) is 0 Å². The van der Waals surface area contributed by atoms with Gasteiger partial charge < -0.3 is 9.30 Å². The molecule has 146 valence electrons. The van der Waals surface area contributed by atoms with Gasteiger partial charge >= 0.3 is 5.00 Å². The normalized spacial score (nSPS) is 12.3. The fraction of sp³-hybridized carbons (Fsp3) is 0.263. The Morgan fingerprint density at radius 2 is 2.14 bits per heavy atom. The largest absolute Gasteiger partial charge is 0.380 e. The zero-order valence-electron chi connectivity index (χ0n) is 15.5. The second kappa shape index (κ2) is 9.05. The van der Waals surface area contributed by atoms with Crippen molar-refractivity contribution in [2.45, 2.75) is 20.4 Å². The highest BCUT2D eigenvalue weighted by Crippen LogP contribution is 2.25. The lowest BCUT2D eigenvalue weighted by molar-refractivity contribution is -0.380. The topological polar surface area (TPSA) is 86.7 Å². The number of nitro groups is 1. The highest BCUT2D eigenvalue weighted by Gasteiger charge is 2.10. The summed E-state index contributed by atoms with van der Waals surface area (Å²) < 4.78 is 8.54. The maximum absolute atomic E-state index is 12.3. The van der Waals surface area contributed by atoms with Crippen LogP contribution in [0.1, 0.15) is 17.4 Å². The van der Waals surface area contributed by atoms with Crippen LogP contribution >= 0.6 is 22.7 Å². The summed E-state index contributed by atoms with van der Waals surface area (Å²) in [5.74, 6) is -0.412. The van der Waals surface area contributed by atoms with Crippen molar-refractivity contribution < 1.29 is 14.5 Å². The first-order valence-electron chi connectivity index (χ1n) is 8.67. The van der Waals surface area contributed by atoms with Gasteiger partial charge in [-0.3, -0.25) is 14.9 Å². The van der Waals surface area contributed by atoms with E-state index in [1.807, 2.05) is 36.6 Å². The predicted octanol–water partition coefficient (Wildman–Crippen LogP) is 4.16. The maximum atomic E-state index is 12.3.